The largest absolute Gasteiger partial charge is 0.348 e. The quantitative estimate of drug-likeness (QED) is 0.312. The maximum Gasteiger partial charge on any atom is 0.255 e. The molecule has 3 aromatic heterocycles. The molecule has 0 fully saturated rings. The first-order valence-electron chi connectivity index (χ1n) is 11.6. The van der Waals surface area contributed by atoms with Crippen molar-refractivity contribution in [2.45, 2.75) is 33.7 Å². The van der Waals surface area contributed by atoms with Gasteiger partial charge in [-0.2, -0.15) is 5.26 Å². The molecule has 2 N–H and O–H groups in total. The number of nitrogens with one attached hydrogen (secondary N) is 2. The van der Waals surface area contributed by atoms with Crippen LogP contribution in [-0.2, 0) is 0 Å². The summed E-state index contributed by atoms with van der Waals surface area (Å²) in [5.41, 5.74) is 4.13. The lowest BCUT2D eigenvalue weighted by Gasteiger charge is -2.25. The van der Waals surface area contributed by atoms with Gasteiger partial charge in [-0.1, -0.05) is 17.4 Å². The Morgan fingerprint density at radius 2 is 1.92 bits per heavy atom. The number of hydrogen-bond acceptors (Lipinski definition) is 7. The number of pyridine rings is 1. The minimum atomic E-state index is -0.695. The van der Waals surface area contributed by atoms with Gasteiger partial charge in [-0.3, -0.25) is 9.20 Å². The molecule has 9 heteroatoms. The van der Waals surface area contributed by atoms with Crippen LogP contribution in [-0.4, -0.2) is 31.5 Å². The first-order chi connectivity index (χ1) is 17.2. The van der Waals surface area contributed by atoms with Crippen LogP contribution in [0.5, 0.6) is 0 Å². The van der Waals surface area contributed by atoms with Gasteiger partial charge in [0.1, 0.15) is 0 Å². The first-order valence-corrected chi connectivity index (χ1v) is 12.4. The summed E-state index contributed by atoms with van der Waals surface area (Å²) >= 11 is 1.62. The molecule has 0 aliphatic carbocycles. The van der Waals surface area contributed by atoms with Crippen LogP contribution < -0.4 is 10.6 Å². The second-order valence-corrected chi connectivity index (χ2v) is 10.4. The van der Waals surface area contributed by atoms with E-state index in [2.05, 4.69) is 50.9 Å². The lowest BCUT2D eigenvalue weighted by molar-refractivity contribution is 0.0921. The van der Waals surface area contributed by atoms with Gasteiger partial charge in [-0.05, 0) is 81.8 Å². The minimum Gasteiger partial charge on any atom is -0.348 e. The van der Waals surface area contributed by atoms with Crippen molar-refractivity contribution in [3.8, 4) is 17.5 Å². The Bertz CT molecular complexity index is 1630. The summed E-state index contributed by atoms with van der Waals surface area (Å²) < 4.78 is 2.95. The van der Waals surface area contributed by atoms with Gasteiger partial charge in [0.25, 0.3) is 5.91 Å². The third-order valence-electron chi connectivity index (χ3n) is 6.34. The summed E-state index contributed by atoms with van der Waals surface area (Å²) in [6, 6.07) is 19.5. The molecule has 8 nitrogen and oxygen atoms in total. The van der Waals surface area contributed by atoms with Crippen LogP contribution in [0.15, 0.2) is 60.8 Å². The Balaban J connectivity index is 1.38. The molecule has 1 atom stereocenters. The number of carbonyl (C=O) groups excluding carboxylic acids is 1. The van der Waals surface area contributed by atoms with Gasteiger partial charge in [0.15, 0.2) is 16.6 Å². The highest BCUT2D eigenvalue weighted by molar-refractivity contribution is 7.22. The zero-order chi connectivity index (χ0) is 25.4. The van der Waals surface area contributed by atoms with E-state index in [1.54, 1.807) is 41.7 Å². The normalized spacial score (nSPS) is 12.4. The Morgan fingerprint density at radius 1 is 1.14 bits per heavy atom. The molecule has 0 bridgehead atoms. The highest BCUT2D eigenvalue weighted by Gasteiger charge is 2.28. The van der Waals surface area contributed by atoms with Crippen molar-refractivity contribution in [3.05, 3.63) is 71.9 Å². The summed E-state index contributed by atoms with van der Waals surface area (Å²) in [7, 11) is 0. The number of hydrogen-bond donors (Lipinski definition) is 2. The fourth-order valence-electron chi connectivity index (χ4n) is 3.75. The van der Waals surface area contributed by atoms with Crippen molar-refractivity contribution in [1.82, 2.24) is 24.9 Å². The van der Waals surface area contributed by atoms with E-state index in [-0.39, 0.29) is 11.9 Å². The van der Waals surface area contributed by atoms with Crippen LogP contribution in [0.4, 0.5) is 10.8 Å². The summed E-state index contributed by atoms with van der Waals surface area (Å²) in [5, 5.41) is 25.1. The van der Waals surface area contributed by atoms with Crippen LogP contribution >= 0.6 is 11.3 Å². The monoisotopic (exact) mass is 495 g/mol. The molecule has 2 aromatic carbocycles. The van der Waals surface area contributed by atoms with Gasteiger partial charge in [0, 0.05) is 23.5 Å². The molecular weight excluding hydrogens is 470 g/mol. The van der Waals surface area contributed by atoms with Crippen molar-refractivity contribution in [3.63, 3.8) is 0 Å². The predicted molar refractivity (Wildman–Crippen MR) is 142 cm³/mol. The highest BCUT2D eigenvalue weighted by Crippen LogP contribution is 2.30. The van der Waals surface area contributed by atoms with Gasteiger partial charge in [0.05, 0.1) is 27.3 Å². The average Bonchev–Trinajstić information content (AvgIpc) is 3.47. The molecule has 0 saturated carbocycles. The van der Waals surface area contributed by atoms with Crippen LogP contribution in [0.2, 0.25) is 0 Å². The van der Waals surface area contributed by atoms with Gasteiger partial charge in [-0.15, -0.1) is 10.2 Å². The number of aromatic nitrogens is 4. The molecule has 5 rings (SSSR count). The third-order valence-corrected chi connectivity index (χ3v) is 7.27. The van der Waals surface area contributed by atoms with E-state index >= 15 is 0 Å². The number of anilines is 2. The van der Waals surface area contributed by atoms with Crippen LogP contribution in [0, 0.1) is 23.7 Å². The maximum absolute atomic E-state index is 13.0. The lowest BCUT2D eigenvalue weighted by atomic mass is 9.87. The number of nitrogens with zero attached hydrogens (tertiary/aromatic N) is 5. The van der Waals surface area contributed by atoms with Crippen LogP contribution in [0.3, 0.4) is 0 Å². The highest BCUT2D eigenvalue weighted by atomic mass is 32.1. The molecule has 0 spiro atoms. The van der Waals surface area contributed by atoms with Crippen molar-refractivity contribution in [2.75, 3.05) is 5.32 Å². The van der Waals surface area contributed by atoms with E-state index in [0.717, 1.165) is 26.6 Å². The molecule has 1 amide bonds. The molecule has 0 radical (unpaired) electrons. The molecule has 0 aliphatic heterocycles. The van der Waals surface area contributed by atoms with E-state index in [1.807, 2.05) is 43.5 Å². The number of amides is 1. The van der Waals surface area contributed by atoms with Crippen molar-refractivity contribution >= 4 is 43.9 Å². The summed E-state index contributed by atoms with van der Waals surface area (Å²) in [5.74, 6) is 0.341. The van der Waals surface area contributed by atoms with Gasteiger partial charge in [-0.25, -0.2) is 4.98 Å². The standard InChI is InChI=1S/C27H25N7OS/c1-16-7-12-21-22(14-16)36-26(31-21)30-19-10-8-18(9-11-19)23-32-33-24-20(6-5-13-34(23)24)25(35)29-17(2)27(3,4)15-28/h5-14,17H,1-4H3,(H,29,35)(H,30,31). The Labute approximate surface area is 212 Å². The van der Waals surface area contributed by atoms with E-state index in [4.69, 9.17) is 0 Å². The molecule has 0 saturated heterocycles. The summed E-state index contributed by atoms with van der Waals surface area (Å²) in [6.07, 6.45) is 1.83. The number of carbonyl (C=O) groups is 1. The number of aryl methyl sites for hydroxylation is 1. The second kappa shape index (κ2) is 9.06. The van der Waals surface area contributed by atoms with Crippen molar-refractivity contribution < 1.29 is 4.79 Å². The molecule has 5 aromatic rings. The molecular formula is C27H25N7OS. The van der Waals surface area contributed by atoms with E-state index in [1.165, 1.54) is 5.56 Å². The van der Waals surface area contributed by atoms with E-state index < -0.39 is 5.41 Å². The Morgan fingerprint density at radius 3 is 2.67 bits per heavy atom. The average molecular weight is 496 g/mol. The second-order valence-electron chi connectivity index (χ2n) is 9.36. The Hall–Kier alpha value is -4.29. The minimum absolute atomic E-state index is 0.291. The number of nitriles is 1. The summed E-state index contributed by atoms with van der Waals surface area (Å²) in [6.45, 7) is 7.49. The predicted octanol–water partition coefficient (Wildman–Crippen LogP) is 5.73. The number of fused-ring (bicyclic) bond motifs is 2. The zero-order valence-electron chi connectivity index (χ0n) is 20.4. The summed E-state index contributed by atoms with van der Waals surface area (Å²) in [4.78, 5) is 17.6. The molecule has 1 unspecified atom stereocenters. The van der Waals surface area contributed by atoms with Gasteiger partial charge < -0.3 is 10.6 Å². The number of benzene rings is 2. The van der Waals surface area contributed by atoms with E-state index in [0.29, 0.717) is 17.0 Å². The van der Waals surface area contributed by atoms with Gasteiger partial charge >= 0.3 is 0 Å². The SMILES string of the molecule is Cc1ccc2nc(Nc3ccc(-c4nnc5c(C(=O)NC(C)C(C)(C)C#N)cccn45)cc3)sc2c1. The lowest BCUT2D eigenvalue weighted by Crippen LogP contribution is -2.42. The molecule has 0 aliphatic rings. The van der Waals surface area contributed by atoms with Crippen molar-refractivity contribution in [1.29, 1.82) is 5.26 Å². The molecule has 180 valence electrons. The smallest absolute Gasteiger partial charge is 0.255 e. The van der Waals surface area contributed by atoms with Crippen LogP contribution in [0.1, 0.15) is 36.7 Å². The van der Waals surface area contributed by atoms with Crippen molar-refractivity contribution in [2.24, 2.45) is 5.41 Å². The van der Waals surface area contributed by atoms with Crippen LogP contribution in [0.25, 0.3) is 27.3 Å². The topological polar surface area (TPSA) is 108 Å². The fraction of sp³-hybridized carbons (Fsp3) is 0.222. The molecule has 3 heterocycles. The fourth-order valence-corrected chi connectivity index (χ4v) is 4.74. The zero-order valence-corrected chi connectivity index (χ0v) is 21.2. The Kier molecular flexibility index (Phi) is 5.90. The number of thiazole rings is 1. The van der Waals surface area contributed by atoms with Gasteiger partial charge in [0.2, 0.25) is 0 Å². The van der Waals surface area contributed by atoms with E-state index in [9.17, 15) is 10.1 Å². The number of rotatable bonds is 6. The third kappa shape index (κ3) is 4.39. The first kappa shape index (κ1) is 23.5. The maximum atomic E-state index is 13.0. The molecule has 36 heavy (non-hydrogen) atoms.